The van der Waals surface area contributed by atoms with Crippen molar-refractivity contribution in [2.75, 3.05) is 6.54 Å². The Balaban J connectivity index is 1.85. The summed E-state index contributed by atoms with van der Waals surface area (Å²) < 4.78 is 5.87. The minimum Gasteiger partial charge on any atom is -0.504 e. The van der Waals surface area contributed by atoms with E-state index in [9.17, 15) is 19.9 Å². The summed E-state index contributed by atoms with van der Waals surface area (Å²) in [6.45, 7) is 0.373. The quantitative estimate of drug-likeness (QED) is 0.743. The Morgan fingerprint density at radius 3 is 2.96 bits per heavy atom. The SMILES string of the molecule is O=NN1CC[C@]23c4c5ccc(O)c4O[C@H]2C(=O)CC[C@@]3(O)[C@@H]1C5. The van der Waals surface area contributed by atoms with Gasteiger partial charge in [0.1, 0.15) is 5.60 Å². The van der Waals surface area contributed by atoms with Crippen molar-refractivity contribution in [2.24, 2.45) is 5.29 Å². The summed E-state index contributed by atoms with van der Waals surface area (Å²) in [5.74, 6) is 0.272. The van der Waals surface area contributed by atoms with Gasteiger partial charge in [-0.15, -0.1) is 4.91 Å². The van der Waals surface area contributed by atoms with E-state index >= 15 is 0 Å². The van der Waals surface area contributed by atoms with Crippen LogP contribution in [0.15, 0.2) is 17.4 Å². The van der Waals surface area contributed by atoms with Crippen molar-refractivity contribution in [3.05, 3.63) is 28.2 Å². The van der Waals surface area contributed by atoms with Crippen LogP contribution in [0.4, 0.5) is 0 Å². The van der Waals surface area contributed by atoms with E-state index in [0.717, 1.165) is 11.1 Å². The molecule has 4 atom stereocenters. The van der Waals surface area contributed by atoms with Crippen molar-refractivity contribution < 1.29 is 19.7 Å². The molecule has 1 aromatic rings. The van der Waals surface area contributed by atoms with Gasteiger partial charge in [0.25, 0.3) is 0 Å². The summed E-state index contributed by atoms with van der Waals surface area (Å²) >= 11 is 0. The molecule has 2 aliphatic heterocycles. The number of hydrogen-bond donors (Lipinski definition) is 2. The van der Waals surface area contributed by atoms with Crippen LogP contribution in [0.25, 0.3) is 0 Å². The van der Waals surface area contributed by atoms with Gasteiger partial charge in [0.05, 0.1) is 16.7 Å². The third-order valence-electron chi connectivity index (χ3n) is 6.33. The minimum atomic E-state index is -1.25. The zero-order chi connectivity index (χ0) is 16.0. The van der Waals surface area contributed by atoms with E-state index in [1.807, 2.05) is 0 Å². The van der Waals surface area contributed by atoms with Gasteiger partial charge >= 0.3 is 0 Å². The molecule has 7 heteroatoms. The molecule has 1 saturated carbocycles. The fourth-order valence-corrected chi connectivity index (χ4v) is 5.40. The molecular weight excluding hydrogens is 300 g/mol. The number of carbonyl (C=O) groups excluding carboxylic acids is 1. The van der Waals surface area contributed by atoms with Crippen LogP contribution >= 0.6 is 0 Å². The molecule has 0 radical (unpaired) electrons. The van der Waals surface area contributed by atoms with E-state index in [4.69, 9.17) is 4.74 Å². The van der Waals surface area contributed by atoms with Crippen LogP contribution in [0.5, 0.6) is 11.5 Å². The smallest absolute Gasteiger partial charge is 0.174 e. The van der Waals surface area contributed by atoms with Crippen molar-refractivity contribution in [1.29, 1.82) is 0 Å². The normalized spacial score (nSPS) is 39.7. The number of benzene rings is 1. The van der Waals surface area contributed by atoms with Crippen molar-refractivity contribution in [3.63, 3.8) is 0 Å². The second-order valence-corrected chi connectivity index (χ2v) is 7.02. The zero-order valence-electron chi connectivity index (χ0n) is 12.4. The first-order valence-electron chi connectivity index (χ1n) is 7.90. The van der Waals surface area contributed by atoms with E-state index < -0.39 is 23.2 Å². The molecular formula is C16H16N2O5. The number of aliphatic hydroxyl groups is 1. The summed E-state index contributed by atoms with van der Waals surface area (Å²) in [6, 6.07) is 2.88. The van der Waals surface area contributed by atoms with Gasteiger partial charge in [-0.2, -0.15) is 0 Å². The van der Waals surface area contributed by atoms with Gasteiger partial charge in [0.2, 0.25) is 0 Å². The average molecular weight is 316 g/mol. The molecule has 2 N–H and O–H groups in total. The van der Waals surface area contributed by atoms with Gasteiger partial charge < -0.3 is 14.9 Å². The van der Waals surface area contributed by atoms with Gasteiger partial charge in [-0.25, -0.2) is 0 Å². The summed E-state index contributed by atoms with van der Waals surface area (Å²) in [6.07, 6.45) is 0.565. The molecule has 120 valence electrons. The Labute approximate surface area is 131 Å². The van der Waals surface area contributed by atoms with Crippen LogP contribution in [0, 0.1) is 4.91 Å². The second-order valence-electron chi connectivity index (χ2n) is 7.02. The fourth-order valence-electron chi connectivity index (χ4n) is 5.40. The Morgan fingerprint density at radius 1 is 1.35 bits per heavy atom. The summed E-state index contributed by atoms with van der Waals surface area (Å²) in [5.41, 5.74) is -0.447. The van der Waals surface area contributed by atoms with E-state index in [0.29, 0.717) is 25.1 Å². The highest BCUT2D eigenvalue weighted by Crippen LogP contribution is 2.64. The van der Waals surface area contributed by atoms with Crippen LogP contribution in [0.2, 0.25) is 0 Å². The number of phenolic OH excluding ortho intramolecular Hbond substituents is 1. The first kappa shape index (κ1) is 13.3. The number of piperidine rings is 1. The third kappa shape index (κ3) is 1.23. The molecule has 1 spiro atoms. The number of nitroso groups, excluding NO2 is 1. The number of Topliss-reactive ketones (excluding diaryl/α,β-unsaturated/α-hetero) is 1. The van der Waals surface area contributed by atoms with Crippen LogP contribution in [-0.4, -0.2) is 45.3 Å². The van der Waals surface area contributed by atoms with E-state index in [1.165, 1.54) is 5.01 Å². The fraction of sp³-hybridized carbons (Fsp3) is 0.562. The van der Waals surface area contributed by atoms with Crippen LogP contribution < -0.4 is 4.74 Å². The number of ketones is 1. The Kier molecular flexibility index (Phi) is 2.22. The molecule has 2 bridgehead atoms. The molecule has 1 aromatic carbocycles. The number of ether oxygens (including phenoxy) is 1. The molecule has 7 nitrogen and oxygen atoms in total. The molecule has 23 heavy (non-hydrogen) atoms. The monoisotopic (exact) mass is 316 g/mol. The van der Waals surface area contributed by atoms with Gasteiger partial charge in [-0.05, 0) is 30.9 Å². The number of aromatic hydroxyl groups is 1. The van der Waals surface area contributed by atoms with E-state index in [2.05, 4.69) is 5.29 Å². The van der Waals surface area contributed by atoms with Crippen LogP contribution in [0.3, 0.4) is 0 Å². The highest BCUT2D eigenvalue weighted by atomic mass is 16.5. The third-order valence-corrected chi connectivity index (χ3v) is 6.33. The summed E-state index contributed by atoms with van der Waals surface area (Å²) in [7, 11) is 0. The largest absolute Gasteiger partial charge is 0.504 e. The maximum absolute atomic E-state index is 12.5. The highest BCUT2D eigenvalue weighted by molar-refractivity contribution is 5.90. The predicted octanol–water partition coefficient (Wildman–Crippen LogP) is 0.797. The second kappa shape index (κ2) is 3.84. The Morgan fingerprint density at radius 2 is 2.17 bits per heavy atom. The summed E-state index contributed by atoms with van der Waals surface area (Å²) in [4.78, 5) is 23.7. The Hall–Kier alpha value is -2.15. The topological polar surface area (TPSA) is 99.4 Å². The number of nitrogens with zero attached hydrogens (tertiary/aromatic N) is 2. The number of phenols is 1. The maximum atomic E-state index is 12.5. The lowest BCUT2D eigenvalue weighted by molar-refractivity contribution is -0.188. The van der Waals surface area contributed by atoms with Crippen molar-refractivity contribution in [1.82, 2.24) is 5.01 Å². The predicted molar refractivity (Wildman–Crippen MR) is 78.0 cm³/mol. The zero-order valence-corrected chi connectivity index (χ0v) is 12.4. The van der Waals surface area contributed by atoms with Crippen LogP contribution in [0.1, 0.15) is 30.4 Å². The molecule has 0 aromatic heterocycles. The first-order valence-corrected chi connectivity index (χ1v) is 7.90. The molecule has 2 aliphatic carbocycles. The molecule has 2 heterocycles. The minimum absolute atomic E-state index is 0.00272. The first-order chi connectivity index (χ1) is 11.0. The van der Waals surface area contributed by atoms with Gasteiger partial charge in [-0.1, -0.05) is 6.07 Å². The molecule has 0 amide bonds. The van der Waals surface area contributed by atoms with E-state index in [-0.39, 0.29) is 24.4 Å². The molecule has 2 fully saturated rings. The molecule has 0 unspecified atom stereocenters. The van der Waals surface area contributed by atoms with Gasteiger partial charge in [-0.3, -0.25) is 9.80 Å². The lowest BCUT2D eigenvalue weighted by Crippen LogP contribution is -2.75. The average Bonchev–Trinajstić information content (AvgIpc) is 2.89. The Bertz CT molecular complexity index is 765. The lowest BCUT2D eigenvalue weighted by Gasteiger charge is -2.60. The maximum Gasteiger partial charge on any atom is 0.174 e. The number of rotatable bonds is 1. The lowest BCUT2D eigenvalue weighted by atomic mass is 9.49. The van der Waals surface area contributed by atoms with Crippen LogP contribution in [-0.2, 0) is 16.6 Å². The van der Waals surface area contributed by atoms with Gasteiger partial charge in [0, 0.05) is 18.5 Å². The molecule has 4 aliphatic rings. The summed E-state index contributed by atoms with van der Waals surface area (Å²) in [5, 5.41) is 26.3. The standard InChI is InChI=1S/C16H16N2O5/c19-9-2-1-8-7-11-16(21)4-3-10(20)14-15(16,5-6-18(11)17-22)12(8)13(9)23-14/h1-2,11,14,19,21H,3-7H2/t11-,14-,15-,16+/m0/s1. The van der Waals surface area contributed by atoms with Gasteiger partial charge in [0.15, 0.2) is 23.4 Å². The molecule has 1 saturated heterocycles. The molecule has 5 rings (SSSR count). The van der Waals surface area contributed by atoms with Crippen molar-refractivity contribution >= 4 is 5.78 Å². The van der Waals surface area contributed by atoms with E-state index in [1.54, 1.807) is 12.1 Å². The van der Waals surface area contributed by atoms with Crippen molar-refractivity contribution in [3.8, 4) is 11.5 Å². The van der Waals surface area contributed by atoms with Crippen molar-refractivity contribution in [2.45, 2.75) is 48.8 Å². The highest BCUT2D eigenvalue weighted by Gasteiger charge is 2.73. The number of carbonyl (C=O) groups is 1. The number of hydrogen-bond acceptors (Lipinski definition) is 6.